The molecule has 1 aromatic rings. The van der Waals surface area contributed by atoms with Crippen molar-refractivity contribution >= 4 is 11.4 Å². The van der Waals surface area contributed by atoms with Crippen molar-refractivity contribution in [1.82, 2.24) is 5.01 Å². The van der Waals surface area contributed by atoms with Crippen LogP contribution in [0.3, 0.4) is 0 Å². The van der Waals surface area contributed by atoms with E-state index in [2.05, 4.69) is 12.3 Å². The van der Waals surface area contributed by atoms with Gasteiger partial charge in [0, 0.05) is 31.9 Å². The summed E-state index contributed by atoms with van der Waals surface area (Å²) < 4.78 is 5.52. The lowest BCUT2D eigenvalue weighted by Gasteiger charge is -2.15. The van der Waals surface area contributed by atoms with E-state index in [1.54, 1.807) is 0 Å². The lowest BCUT2D eigenvalue weighted by molar-refractivity contribution is 0.317. The summed E-state index contributed by atoms with van der Waals surface area (Å²) in [6.07, 6.45) is 0.991. The third-order valence-electron chi connectivity index (χ3n) is 1.75. The van der Waals surface area contributed by atoms with E-state index < -0.39 is 0 Å². The van der Waals surface area contributed by atoms with Crippen molar-refractivity contribution in [3.05, 3.63) is 18.2 Å². The van der Waals surface area contributed by atoms with Gasteiger partial charge in [-0.05, 0) is 12.5 Å². The van der Waals surface area contributed by atoms with Crippen molar-refractivity contribution in [2.24, 2.45) is 0 Å². The maximum atomic E-state index is 5.77. The van der Waals surface area contributed by atoms with E-state index in [-0.39, 0.29) is 0 Å². The van der Waals surface area contributed by atoms with E-state index in [4.69, 9.17) is 10.5 Å². The molecule has 4 heteroatoms. The summed E-state index contributed by atoms with van der Waals surface area (Å²) in [5.41, 5.74) is 10.5. The maximum absolute atomic E-state index is 5.77. The zero-order valence-electron chi connectivity index (χ0n) is 9.58. The summed E-state index contributed by atoms with van der Waals surface area (Å²) >= 11 is 0. The number of nitrogens with zero attached hydrogens (tertiary/aromatic N) is 1. The molecule has 84 valence electrons. The fraction of sp³-hybridized carbons (Fsp3) is 0.455. The molecule has 0 saturated heterocycles. The van der Waals surface area contributed by atoms with Crippen molar-refractivity contribution in [2.75, 3.05) is 31.9 Å². The summed E-state index contributed by atoms with van der Waals surface area (Å²) in [6.45, 7) is 2.79. The average Bonchev–Trinajstić information content (AvgIpc) is 2.12. The van der Waals surface area contributed by atoms with Gasteiger partial charge in [-0.25, -0.2) is 5.01 Å². The molecule has 0 aliphatic rings. The highest BCUT2D eigenvalue weighted by Gasteiger charge is 2.00. The van der Waals surface area contributed by atoms with Crippen LogP contribution in [0.1, 0.15) is 13.3 Å². The second kappa shape index (κ2) is 5.46. The van der Waals surface area contributed by atoms with E-state index in [0.29, 0.717) is 12.3 Å². The van der Waals surface area contributed by atoms with Crippen LogP contribution in [0.2, 0.25) is 0 Å². The van der Waals surface area contributed by atoms with Gasteiger partial charge < -0.3 is 15.9 Å². The van der Waals surface area contributed by atoms with Gasteiger partial charge in [0.2, 0.25) is 0 Å². The second-order valence-electron chi connectivity index (χ2n) is 3.65. The number of ether oxygens (including phenoxy) is 1. The van der Waals surface area contributed by atoms with Gasteiger partial charge in [-0.15, -0.1) is 0 Å². The second-order valence-corrected chi connectivity index (χ2v) is 3.65. The van der Waals surface area contributed by atoms with Gasteiger partial charge in [-0.2, -0.15) is 0 Å². The molecule has 0 unspecified atom stereocenters. The van der Waals surface area contributed by atoms with E-state index >= 15 is 0 Å². The highest BCUT2D eigenvalue weighted by Crippen LogP contribution is 2.22. The maximum Gasteiger partial charge on any atom is 0.123 e. The quantitative estimate of drug-likeness (QED) is 0.575. The molecular weight excluding hydrogens is 190 g/mol. The van der Waals surface area contributed by atoms with Gasteiger partial charge >= 0.3 is 0 Å². The van der Waals surface area contributed by atoms with Crippen molar-refractivity contribution < 1.29 is 4.74 Å². The van der Waals surface area contributed by atoms with Crippen LogP contribution in [-0.2, 0) is 0 Å². The van der Waals surface area contributed by atoms with Gasteiger partial charge in [0.25, 0.3) is 0 Å². The number of benzene rings is 1. The molecule has 15 heavy (non-hydrogen) atoms. The number of hydrogen-bond acceptors (Lipinski definition) is 4. The minimum absolute atomic E-state index is 0.702. The van der Waals surface area contributed by atoms with Crippen LogP contribution < -0.4 is 15.9 Å². The minimum Gasteiger partial charge on any atom is -0.493 e. The first-order valence-corrected chi connectivity index (χ1v) is 5.09. The van der Waals surface area contributed by atoms with Gasteiger partial charge in [0.15, 0.2) is 0 Å². The highest BCUT2D eigenvalue weighted by atomic mass is 16.5. The largest absolute Gasteiger partial charge is 0.493 e. The third kappa shape index (κ3) is 4.08. The molecule has 0 atom stereocenters. The van der Waals surface area contributed by atoms with Crippen LogP contribution in [0.4, 0.5) is 11.4 Å². The molecule has 1 rings (SSSR count). The molecule has 0 aromatic heterocycles. The summed E-state index contributed by atoms with van der Waals surface area (Å²) in [6, 6.07) is 5.64. The lowest BCUT2D eigenvalue weighted by Crippen LogP contribution is -2.19. The normalized spacial score (nSPS) is 10.4. The number of anilines is 2. The molecule has 0 bridgehead atoms. The molecule has 1 aromatic carbocycles. The molecule has 0 aliphatic heterocycles. The third-order valence-corrected chi connectivity index (χ3v) is 1.75. The first kappa shape index (κ1) is 11.7. The van der Waals surface area contributed by atoms with E-state index in [9.17, 15) is 0 Å². The number of hydrogen-bond donors (Lipinski definition) is 2. The first-order valence-electron chi connectivity index (χ1n) is 5.09. The van der Waals surface area contributed by atoms with E-state index in [1.807, 2.05) is 37.3 Å². The molecule has 0 spiro atoms. The zero-order chi connectivity index (χ0) is 11.3. The number of nitrogens with one attached hydrogen (secondary N) is 1. The molecule has 0 amide bonds. The fourth-order valence-corrected chi connectivity index (χ4v) is 1.25. The van der Waals surface area contributed by atoms with Crippen LogP contribution in [0.5, 0.6) is 5.75 Å². The van der Waals surface area contributed by atoms with Crippen LogP contribution in [0.25, 0.3) is 0 Å². The predicted molar refractivity (Wildman–Crippen MR) is 64.0 cm³/mol. The molecule has 0 saturated carbocycles. The Balaban J connectivity index is 2.75. The van der Waals surface area contributed by atoms with Crippen molar-refractivity contribution in [3.63, 3.8) is 0 Å². The Labute approximate surface area is 91.0 Å². The van der Waals surface area contributed by atoms with E-state index in [1.165, 1.54) is 0 Å². The summed E-state index contributed by atoms with van der Waals surface area (Å²) in [7, 11) is 3.85. The molecule has 3 N–H and O–H groups in total. The van der Waals surface area contributed by atoms with E-state index in [0.717, 1.165) is 17.9 Å². The molecule has 0 heterocycles. The Bertz CT molecular complexity index is 313. The number of nitrogens with two attached hydrogens (primary N) is 1. The summed E-state index contributed by atoms with van der Waals surface area (Å²) in [5, 5.41) is 1.86. The standard InChI is InChI=1S/C11H19N3O/c1-4-5-15-11-7-9(12)6-10(8-11)13-14(2)3/h6-8,13H,4-5,12H2,1-3H3. The Morgan fingerprint density at radius 3 is 2.67 bits per heavy atom. The Hall–Kier alpha value is -1.42. The Kier molecular flexibility index (Phi) is 4.24. The average molecular weight is 209 g/mol. The Morgan fingerprint density at radius 2 is 2.07 bits per heavy atom. The molecule has 4 nitrogen and oxygen atoms in total. The SMILES string of the molecule is CCCOc1cc(N)cc(NN(C)C)c1. The van der Waals surface area contributed by atoms with Crippen LogP contribution >= 0.6 is 0 Å². The monoisotopic (exact) mass is 209 g/mol. The van der Waals surface area contributed by atoms with Gasteiger partial charge in [-0.3, -0.25) is 0 Å². The number of nitrogen functional groups attached to an aromatic ring is 1. The van der Waals surface area contributed by atoms with Crippen LogP contribution in [0, 0.1) is 0 Å². The first-order chi connectivity index (χ1) is 7.11. The highest BCUT2D eigenvalue weighted by molar-refractivity contribution is 5.58. The summed E-state index contributed by atoms with van der Waals surface area (Å²) in [4.78, 5) is 0. The van der Waals surface area contributed by atoms with Crippen molar-refractivity contribution in [3.8, 4) is 5.75 Å². The molecular formula is C11H19N3O. The fourth-order valence-electron chi connectivity index (χ4n) is 1.25. The zero-order valence-corrected chi connectivity index (χ0v) is 9.58. The minimum atomic E-state index is 0.702. The van der Waals surface area contributed by atoms with Crippen molar-refractivity contribution in [1.29, 1.82) is 0 Å². The topological polar surface area (TPSA) is 50.5 Å². The van der Waals surface area contributed by atoms with Crippen molar-refractivity contribution in [2.45, 2.75) is 13.3 Å². The van der Waals surface area contributed by atoms with Gasteiger partial charge in [0.1, 0.15) is 5.75 Å². The molecule has 0 fully saturated rings. The van der Waals surface area contributed by atoms with Gasteiger partial charge in [-0.1, -0.05) is 6.92 Å². The smallest absolute Gasteiger partial charge is 0.123 e. The predicted octanol–water partition coefficient (Wildman–Crippen LogP) is 1.95. The van der Waals surface area contributed by atoms with Crippen LogP contribution in [-0.4, -0.2) is 25.7 Å². The molecule has 0 radical (unpaired) electrons. The summed E-state index contributed by atoms with van der Waals surface area (Å²) in [5.74, 6) is 0.807. The lowest BCUT2D eigenvalue weighted by atomic mass is 10.2. The number of rotatable bonds is 5. The van der Waals surface area contributed by atoms with Crippen LogP contribution in [0.15, 0.2) is 18.2 Å². The van der Waals surface area contributed by atoms with Gasteiger partial charge in [0.05, 0.1) is 12.3 Å². The molecule has 0 aliphatic carbocycles. The number of hydrazine groups is 1. The Morgan fingerprint density at radius 1 is 1.33 bits per heavy atom.